The maximum absolute atomic E-state index is 11.4. The van der Waals surface area contributed by atoms with E-state index in [0.717, 1.165) is 16.3 Å². The molecule has 0 amide bonds. The molecule has 0 aliphatic heterocycles. The second-order valence-corrected chi connectivity index (χ2v) is 4.07. The van der Waals surface area contributed by atoms with Crippen molar-refractivity contribution in [2.75, 3.05) is 7.11 Å². The van der Waals surface area contributed by atoms with Gasteiger partial charge in [0, 0.05) is 16.3 Å². The highest BCUT2D eigenvalue weighted by atomic mass is 35.5. The van der Waals surface area contributed by atoms with Crippen LogP contribution in [0.5, 0.6) is 0 Å². The number of hydrogen-bond acceptors (Lipinski definition) is 3. The lowest BCUT2D eigenvalue weighted by Crippen LogP contribution is -2.00. The van der Waals surface area contributed by atoms with Crippen molar-refractivity contribution in [1.82, 2.24) is 4.98 Å². The maximum atomic E-state index is 11.4. The first kappa shape index (κ1) is 10.2. The summed E-state index contributed by atoms with van der Waals surface area (Å²) in [6.45, 7) is 0. The van der Waals surface area contributed by atoms with Crippen LogP contribution >= 0.6 is 11.6 Å². The molecule has 3 rings (SSSR count). The number of carbonyl (C=O) groups is 1. The number of H-pyrrole nitrogens is 1. The molecule has 5 heteroatoms. The number of methoxy groups -OCH3 is 1. The molecule has 17 heavy (non-hydrogen) atoms. The lowest BCUT2D eigenvalue weighted by atomic mass is 10.2. The Morgan fingerprint density at radius 2 is 2.24 bits per heavy atom. The molecule has 0 spiro atoms. The highest BCUT2D eigenvalue weighted by molar-refractivity contribution is 6.36. The van der Waals surface area contributed by atoms with Gasteiger partial charge in [-0.1, -0.05) is 11.6 Å². The van der Waals surface area contributed by atoms with Gasteiger partial charge in [-0.3, -0.25) is 0 Å². The molecule has 1 aromatic carbocycles. The number of esters is 1. The minimum atomic E-state index is -0.410. The molecule has 0 fully saturated rings. The summed E-state index contributed by atoms with van der Waals surface area (Å²) in [4.78, 5) is 14.4. The van der Waals surface area contributed by atoms with Crippen LogP contribution in [-0.4, -0.2) is 18.1 Å². The van der Waals surface area contributed by atoms with Gasteiger partial charge in [-0.2, -0.15) is 0 Å². The van der Waals surface area contributed by atoms with Crippen LogP contribution < -0.4 is 0 Å². The van der Waals surface area contributed by atoms with Gasteiger partial charge in [0.1, 0.15) is 17.5 Å². The predicted octanol–water partition coefficient (Wildman–Crippen LogP) is 3.35. The Hall–Kier alpha value is -1.94. The van der Waals surface area contributed by atoms with E-state index in [1.54, 1.807) is 6.07 Å². The van der Waals surface area contributed by atoms with Gasteiger partial charge in [-0.15, -0.1) is 0 Å². The molecule has 86 valence electrons. The van der Waals surface area contributed by atoms with Crippen LogP contribution in [-0.2, 0) is 4.74 Å². The normalized spacial score (nSPS) is 11.2. The van der Waals surface area contributed by atoms with E-state index in [-0.39, 0.29) is 0 Å². The van der Waals surface area contributed by atoms with Gasteiger partial charge in [-0.05, 0) is 18.2 Å². The van der Waals surface area contributed by atoms with Crippen LogP contribution in [0.3, 0.4) is 0 Å². The standard InChI is InChI=1S/C12H8ClNO3/c1-16-12(15)10-4-7-9(14-10)3-2-6-8(13)5-17-11(6)7/h2-5,14H,1H3. The highest BCUT2D eigenvalue weighted by Crippen LogP contribution is 2.32. The Bertz CT molecular complexity index is 726. The summed E-state index contributed by atoms with van der Waals surface area (Å²) in [5.41, 5.74) is 1.87. The van der Waals surface area contributed by atoms with Gasteiger partial charge in [-0.25, -0.2) is 4.79 Å². The number of ether oxygens (including phenoxy) is 1. The average Bonchev–Trinajstić information content (AvgIpc) is 2.91. The Labute approximate surface area is 101 Å². The summed E-state index contributed by atoms with van der Waals surface area (Å²) in [6, 6.07) is 5.40. The summed E-state index contributed by atoms with van der Waals surface area (Å²) >= 11 is 5.97. The van der Waals surface area contributed by atoms with Crippen molar-refractivity contribution in [2.24, 2.45) is 0 Å². The number of rotatable bonds is 1. The molecule has 0 aliphatic carbocycles. The van der Waals surface area contributed by atoms with Crippen molar-refractivity contribution in [2.45, 2.75) is 0 Å². The zero-order valence-corrected chi connectivity index (χ0v) is 9.67. The van der Waals surface area contributed by atoms with Crippen molar-refractivity contribution in [3.63, 3.8) is 0 Å². The van der Waals surface area contributed by atoms with E-state index in [4.69, 9.17) is 16.0 Å². The highest BCUT2D eigenvalue weighted by Gasteiger charge is 2.14. The SMILES string of the molecule is COC(=O)c1cc2c(ccc3c(Cl)coc32)[nH]1. The fraction of sp³-hybridized carbons (Fsp3) is 0.0833. The summed E-state index contributed by atoms with van der Waals surface area (Å²) in [5, 5.41) is 2.20. The lowest BCUT2D eigenvalue weighted by Gasteiger charge is -1.92. The van der Waals surface area contributed by atoms with Crippen molar-refractivity contribution in [1.29, 1.82) is 0 Å². The Balaban J connectivity index is 2.35. The van der Waals surface area contributed by atoms with Crippen LogP contribution in [0.4, 0.5) is 0 Å². The average molecular weight is 250 g/mol. The first-order valence-electron chi connectivity index (χ1n) is 4.97. The molecule has 0 saturated carbocycles. The zero-order chi connectivity index (χ0) is 12.0. The van der Waals surface area contributed by atoms with E-state index in [1.165, 1.54) is 13.4 Å². The fourth-order valence-electron chi connectivity index (χ4n) is 1.89. The van der Waals surface area contributed by atoms with Crippen LogP contribution in [0.1, 0.15) is 10.5 Å². The second-order valence-electron chi connectivity index (χ2n) is 3.66. The minimum Gasteiger partial charge on any atom is -0.464 e. The second kappa shape index (κ2) is 3.53. The van der Waals surface area contributed by atoms with E-state index in [1.807, 2.05) is 12.1 Å². The molecular formula is C12H8ClNO3. The Morgan fingerprint density at radius 1 is 1.41 bits per heavy atom. The zero-order valence-electron chi connectivity index (χ0n) is 8.91. The number of hydrogen-bond donors (Lipinski definition) is 1. The van der Waals surface area contributed by atoms with Crippen LogP contribution in [0.15, 0.2) is 28.9 Å². The number of fused-ring (bicyclic) bond motifs is 3. The number of nitrogens with one attached hydrogen (secondary N) is 1. The van der Waals surface area contributed by atoms with Crippen LogP contribution in [0.25, 0.3) is 21.9 Å². The van der Waals surface area contributed by atoms with Gasteiger partial charge >= 0.3 is 5.97 Å². The van der Waals surface area contributed by atoms with Crippen molar-refractivity contribution in [3.8, 4) is 0 Å². The quantitative estimate of drug-likeness (QED) is 0.673. The first-order valence-corrected chi connectivity index (χ1v) is 5.35. The molecule has 3 aromatic rings. The Kier molecular flexibility index (Phi) is 2.12. The van der Waals surface area contributed by atoms with E-state index in [9.17, 15) is 4.79 Å². The third-order valence-electron chi connectivity index (χ3n) is 2.70. The third-order valence-corrected chi connectivity index (χ3v) is 2.99. The number of halogens is 1. The molecule has 0 bridgehead atoms. The minimum absolute atomic E-state index is 0.391. The van der Waals surface area contributed by atoms with Gasteiger partial charge < -0.3 is 14.1 Å². The molecule has 0 unspecified atom stereocenters. The maximum Gasteiger partial charge on any atom is 0.354 e. The molecule has 0 atom stereocenters. The topological polar surface area (TPSA) is 55.2 Å². The third kappa shape index (κ3) is 1.41. The van der Waals surface area contributed by atoms with Gasteiger partial charge in [0.25, 0.3) is 0 Å². The molecule has 0 aliphatic rings. The molecule has 4 nitrogen and oxygen atoms in total. The smallest absolute Gasteiger partial charge is 0.354 e. The summed E-state index contributed by atoms with van der Waals surface area (Å²) in [7, 11) is 1.34. The van der Waals surface area contributed by atoms with Crippen molar-refractivity contribution < 1.29 is 13.9 Å². The largest absolute Gasteiger partial charge is 0.464 e. The van der Waals surface area contributed by atoms with E-state index >= 15 is 0 Å². The molecule has 2 aromatic heterocycles. The van der Waals surface area contributed by atoms with Crippen LogP contribution in [0, 0.1) is 0 Å². The van der Waals surface area contributed by atoms with Gasteiger partial charge in [0.05, 0.1) is 12.1 Å². The van der Waals surface area contributed by atoms with Crippen molar-refractivity contribution in [3.05, 3.63) is 35.2 Å². The van der Waals surface area contributed by atoms with E-state index < -0.39 is 5.97 Å². The predicted molar refractivity (Wildman–Crippen MR) is 64.4 cm³/mol. The van der Waals surface area contributed by atoms with Crippen LogP contribution in [0.2, 0.25) is 5.02 Å². The summed E-state index contributed by atoms with van der Waals surface area (Å²) < 4.78 is 10.0. The lowest BCUT2D eigenvalue weighted by molar-refractivity contribution is 0.0595. The van der Waals surface area contributed by atoms with Gasteiger partial charge in [0.15, 0.2) is 0 Å². The summed E-state index contributed by atoms with van der Waals surface area (Å²) in [6.07, 6.45) is 1.48. The molecular weight excluding hydrogens is 242 g/mol. The number of furan rings is 1. The fourth-order valence-corrected chi connectivity index (χ4v) is 2.08. The number of aromatic nitrogens is 1. The molecule has 1 N–H and O–H groups in total. The number of aromatic amines is 1. The first-order chi connectivity index (χ1) is 8.20. The number of benzene rings is 1. The molecule has 0 saturated heterocycles. The van der Waals surface area contributed by atoms with Gasteiger partial charge in [0.2, 0.25) is 0 Å². The molecule has 0 radical (unpaired) electrons. The molecule has 2 heterocycles. The number of carbonyl (C=O) groups excluding carboxylic acids is 1. The Morgan fingerprint density at radius 3 is 3.00 bits per heavy atom. The van der Waals surface area contributed by atoms with Crippen molar-refractivity contribution >= 4 is 39.4 Å². The summed E-state index contributed by atoms with van der Waals surface area (Å²) in [5.74, 6) is -0.410. The monoisotopic (exact) mass is 249 g/mol. The van der Waals surface area contributed by atoms with E-state index in [0.29, 0.717) is 16.3 Å². The van der Waals surface area contributed by atoms with E-state index in [2.05, 4.69) is 9.72 Å².